The molecule has 1 aromatic heterocycles. The number of rotatable bonds is 2. The van der Waals surface area contributed by atoms with E-state index in [0.29, 0.717) is 12.0 Å². The second-order valence-electron chi connectivity index (χ2n) is 6.40. The molecule has 2 bridgehead atoms. The highest BCUT2D eigenvalue weighted by molar-refractivity contribution is 5.74. The molecular weight excluding hydrogens is 246 g/mol. The van der Waals surface area contributed by atoms with Crippen LogP contribution in [0.25, 0.3) is 5.57 Å². The highest BCUT2D eigenvalue weighted by Crippen LogP contribution is 2.33. The third-order valence-electron chi connectivity index (χ3n) is 4.82. The number of hydrogen-bond acceptors (Lipinski definition) is 2. The monoisotopic (exact) mass is 271 g/mol. The summed E-state index contributed by atoms with van der Waals surface area (Å²) in [5, 5.41) is 4.30. The minimum absolute atomic E-state index is 0.585. The van der Waals surface area contributed by atoms with Crippen LogP contribution in [0.1, 0.15) is 31.7 Å². The molecule has 1 aliphatic heterocycles. The molecule has 20 heavy (non-hydrogen) atoms. The van der Waals surface area contributed by atoms with E-state index in [2.05, 4.69) is 48.4 Å². The molecule has 1 aromatic rings. The largest absolute Gasteiger partial charge is 0.300 e. The Hall–Kier alpha value is -1.35. The minimum Gasteiger partial charge on any atom is -0.300 e. The molecule has 108 valence electrons. The van der Waals surface area contributed by atoms with Crippen molar-refractivity contribution in [3.05, 3.63) is 36.2 Å². The minimum atomic E-state index is 0.585. The first-order valence-electron chi connectivity index (χ1n) is 7.75. The molecule has 0 aromatic carbocycles. The SMILES string of the molecule is CCC1CC2C=C(c3cnn(C)c3)C=CC(C2)N(C)C1. The Bertz CT molecular complexity index is 526. The Labute approximate surface area is 122 Å². The van der Waals surface area contributed by atoms with E-state index < -0.39 is 0 Å². The van der Waals surface area contributed by atoms with Crippen LogP contribution in [0.15, 0.2) is 30.6 Å². The Kier molecular flexibility index (Phi) is 3.79. The summed E-state index contributed by atoms with van der Waals surface area (Å²) in [7, 11) is 4.25. The number of likely N-dealkylation sites (tertiary alicyclic amines) is 1. The van der Waals surface area contributed by atoms with Crippen LogP contribution in [-0.4, -0.2) is 34.3 Å². The second kappa shape index (κ2) is 5.57. The first kappa shape index (κ1) is 13.6. The molecule has 1 saturated heterocycles. The smallest absolute Gasteiger partial charge is 0.0568 e. The van der Waals surface area contributed by atoms with Crippen LogP contribution in [0.5, 0.6) is 0 Å². The van der Waals surface area contributed by atoms with Crippen molar-refractivity contribution in [3.8, 4) is 0 Å². The first-order chi connectivity index (χ1) is 9.65. The lowest BCUT2D eigenvalue weighted by Gasteiger charge is -2.24. The van der Waals surface area contributed by atoms with E-state index >= 15 is 0 Å². The first-order valence-corrected chi connectivity index (χ1v) is 7.75. The third kappa shape index (κ3) is 2.73. The average Bonchev–Trinajstić information content (AvgIpc) is 2.68. The summed E-state index contributed by atoms with van der Waals surface area (Å²) in [5.41, 5.74) is 2.58. The standard InChI is InChI=1S/C17H25N3/c1-4-13-7-14-8-15(16-10-18-20(3)12-16)5-6-17(9-14)19(2)11-13/h5-6,8,10,12-14,17H,4,7,9,11H2,1-3H3. The molecule has 2 heterocycles. The van der Waals surface area contributed by atoms with E-state index in [1.54, 1.807) is 0 Å². The van der Waals surface area contributed by atoms with Crippen molar-refractivity contribution in [1.82, 2.24) is 14.7 Å². The van der Waals surface area contributed by atoms with Crippen molar-refractivity contribution in [2.75, 3.05) is 13.6 Å². The van der Waals surface area contributed by atoms with Gasteiger partial charge in [0.1, 0.15) is 0 Å². The van der Waals surface area contributed by atoms with Crippen LogP contribution in [0, 0.1) is 11.8 Å². The van der Waals surface area contributed by atoms with Crippen LogP contribution in [0.3, 0.4) is 0 Å². The van der Waals surface area contributed by atoms with Crippen molar-refractivity contribution in [1.29, 1.82) is 0 Å². The maximum Gasteiger partial charge on any atom is 0.0568 e. The van der Waals surface area contributed by atoms with Gasteiger partial charge in [0.25, 0.3) is 0 Å². The molecule has 3 nitrogen and oxygen atoms in total. The van der Waals surface area contributed by atoms with Gasteiger partial charge in [-0.1, -0.05) is 31.6 Å². The zero-order valence-corrected chi connectivity index (χ0v) is 12.8. The van der Waals surface area contributed by atoms with Gasteiger partial charge < -0.3 is 0 Å². The van der Waals surface area contributed by atoms with Crippen molar-refractivity contribution >= 4 is 5.57 Å². The molecule has 0 spiro atoms. The lowest BCUT2D eigenvalue weighted by Crippen LogP contribution is -2.31. The fraction of sp³-hybridized carbons (Fsp3) is 0.588. The Balaban J connectivity index is 1.90. The van der Waals surface area contributed by atoms with Gasteiger partial charge in [0.15, 0.2) is 0 Å². The molecule has 1 aliphatic carbocycles. The predicted octanol–water partition coefficient (Wildman–Crippen LogP) is 3.11. The lowest BCUT2D eigenvalue weighted by atomic mass is 9.89. The van der Waals surface area contributed by atoms with Crippen molar-refractivity contribution in [2.24, 2.45) is 18.9 Å². The number of fused-ring (bicyclic) bond motifs is 2. The van der Waals surface area contributed by atoms with E-state index in [0.717, 1.165) is 5.92 Å². The highest BCUT2D eigenvalue weighted by Gasteiger charge is 2.27. The van der Waals surface area contributed by atoms with E-state index in [1.807, 2.05) is 17.9 Å². The number of aromatic nitrogens is 2. The normalized spacial score (nSPS) is 30.8. The van der Waals surface area contributed by atoms with Gasteiger partial charge in [0.05, 0.1) is 6.20 Å². The van der Waals surface area contributed by atoms with Gasteiger partial charge in [-0.05, 0) is 37.3 Å². The molecule has 3 unspecified atom stereocenters. The van der Waals surface area contributed by atoms with Gasteiger partial charge in [-0.25, -0.2) is 0 Å². The molecule has 0 saturated carbocycles. The molecular formula is C17H25N3. The Morgan fingerprint density at radius 2 is 2.15 bits per heavy atom. The lowest BCUT2D eigenvalue weighted by molar-refractivity contribution is 0.252. The molecule has 0 N–H and O–H groups in total. The van der Waals surface area contributed by atoms with Gasteiger partial charge in [0.2, 0.25) is 0 Å². The molecule has 3 rings (SSSR count). The highest BCUT2D eigenvalue weighted by atomic mass is 15.2. The predicted molar refractivity (Wildman–Crippen MR) is 83.2 cm³/mol. The van der Waals surface area contributed by atoms with E-state index in [4.69, 9.17) is 0 Å². The molecule has 2 aliphatic rings. The Morgan fingerprint density at radius 1 is 1.30 bits per heavy atom. The summed E-state index contributed by atoms with van der Waals surface area (Å²) in [6, 6.07) is 0.585. The summed E-state index contributed by atoms with van der Waals surface area (Å²) in [6.07, 6.45) is 15.1. The fourth-order valence-electron chi connectivity index (χ4n) is 3.58. The van der Waals surface area contributed by atoms with Gasteiger partial charge >= 0.3 is 0 Å². The summed E-state index contributed by atoms with van der Waals surface area (Å²) in [6.45, 7) is 3.56. The molecule has 0 amide bonds. The average molecular weight is 271 g/mol. The summed E-state index contributed by atoms with van der Waals surface area (Å²) in [4.78, 5) is 2.53. The van der Waals surface area contributed by atoms with Crippen molar-refractivity contribution in [2.45, 2.75) is 32.2 Å². The number of allylic oxidation sites excluding steroid dienone is 3. The quantitative estimate of drug-likeness (QED) is 0.824. The van der Waals surface area contributed by atoms with E-state index in [-0.39, 0.29) is 0 Å². The van der Waals surface area contributed by atoms with Crippen LogP contribution in [0.4, 0.5) is 0 Å². The summed E-state index contributed by atoms with van der Waals surface area (Å²) < 4.78 is 1.88. The van der Waals surface area contributed by atoms with E-state index in [1.165, 1.54) is 36.9 Å². The summed E-state index contributed by atoms with van der Waals surface area (Å²) in [5.74, 6) is 1.52. The number of likely N-dealkylation sites (N-methyl/N-ethyl adjacent to an activating group) is 1. The zero-order chi connectivity index (χ0) is 14.1. The number of aryl methyl sites for hydroxylation is 1. The van der Waals surface area contributed by atoms with Crippen LogP contribution in [-0.2, 0) is 7.05 Å². The van der Waals surface area contributed by atoms with E-state index in [9.17, 15) is 0 Å². The van der Waals surface area contributed by atoms with Gasteiger partial charge in [-0.2, -0.15) is 5.10 Å². The topological polar surface area (TPSA) is 21.1 Å². The maximum absolute atomic E-state index is 4.30. The molecule has 0 radical (unpaired) electrons. The van der Waals surface area contributed by atoms with Gasteiger partial charge in [0, 0.05) is 31.4 Å². The molecule has 3 heteroatoms. The second-order valence-corrected chi connectivity index (χ2v) is 6.40. The number of nitrogens with zero attached hydrogens (tertiary/aromatic N) is 3. The molecule has 3 atom stereocenters. The van der Waals surface area contributed by atoms with Crippen molar-refractivity contribution < 1.29 is 0 Å². The Morgan fingerprint density at radius 3 is 2.85 bits per heavy atom. The van der Waals surface area contributed by atoms with Crippen molar-refractivity contribution in [3.63, 3.8) is 0 Å². The molecule has 1 fully saturated rings. The van der Waals surface area contributed by atoms with Gasteiger partial charge in [-0.3, -0.25) is 9.58 Å². The third-order valence-corrected chi connectivity index (χ3v) is 4.82. The van der Waals surface area contributed by atoms with Crippen LogP contribution < -0.4 is 0 Å². The maximum atomic E-state index is 4.30. The summed E-state index contributed by atoms with van der Waals surface area (Å²) >= 11 is 0. The van der Waals surface area contributed by atoms with Crippen LogP contribution >= 0.6 is 0 Å². The van der Waals surface area contributed by atoms with Gasteiger partial charge in [-0.15, -0.1) is 0 Å². The van der Waals surface area contributed by atoms with Crippen LogP contribution in [0.2, 0.25) is 0 Å². The zero-order valence-electron chi connectivity index (χ0n) is 12.8. The fourth-order valence-corrected chi connectivity index (χ4v) is 3.58. The number of hydrogen-bond donors (Lipinski definition) is 0.